The molecule has 0 saturated heterocycles. The highest BCUT2D eigenvalue weighted by molar-refractivity contribution is 5.88. The maximum absolute atomic E-state index is 10.4. The zero-order valence-electron chi connectivity index (χ0n) is 18.5. The lowest BCUT2D eigenvalue weighted by Gasteiger charge is -2.20. The Balaban J connectivity index is 1.75. The molecule has 0 saturated carbocycles. The molecule has 1 aliphatic carbocycles. The van der Waals surface area contributed by atoms with Gasteiger partial charge in [-0.2, -0.15) is 0 Å². The van der Waals surface area contributed by atoms with Gasteiger partial charge >= 0.3 is 0 Å². The summed E-state index contributed by atoms with van der Waals surface area (Å²) in [5.74, 6) is 0.637. The average molecular weight is 431 g/mol. The molecule has 5 rings (SSSR count). The number of fused-ring (bicyclic) bond motifs is 3. The average Bonchev–Trinajstić information content (AvgIpc) is 3.17. The number of aromatic hydroxyl groups is 2. The Morgan fingerprint density at radius 3 is 2.06 bits per heavy atom. The van der Waals surface area contributed by atoms with Gasteiger partial charge in [0.15, 0.2) is 0 Å². The molecule has 0 aliphatic heterocycles. The van der Waals surface area contributed by atoms with E-state index in [1.807, 2.05) is 24.3 Å². The van der Waals surface area contributed by atoms with Crippen molar-refractivity contribution in [2.75, 3.05) is 0 Å². The van der Waals surface area contributed by atoms with Crippen molar-refractivity contribution in [1.82, 2.24) is 0 Å². The molecule has 1 unspecified atom stereocenters. The molecule has 2 N–H and O–H groups in total. The van der Waals surface area contributed by atoms with Gasteiger partial charge < -0.3 is 10.2 Å². The molecule has 0 spiro atoms. The van der Waals surface area contributed by atoms with E-state index in [1.54, 1.807) is 12.1 Å². The monoisotopic (exact) mass is 430 g/mol. The molecule has 162 valence electrons. The minimum Gasteiger partial charge on any atom is -0.508 e. The fraction of sp³-hybridized carbons (Fsp3) is 0.0968. The lowest BCUT2D eigenvalue weighted by molar-refractivity contribution is 0.469. The van der Waals surface area contributed by atoms with Crippen molar-refractivity contribution < 1.29 is 10.2 Å². The van der Waals surface area contributed by atoms with Crippen LogP contribution in [-0.4, -0.2) is 10.2 Å². The molecule has 0 aromatic heterocycles. The van der Waals surface area contributed by atoms with Gasteiger partial charge in [-0.05, 0) is 81.1 Å². The van der Waals surface area contributed by atoms with E-state index in [0.717, 1.165) is 27.8 Å². The van der Waals surface area contributed by atoms with Gasteiger partial charge in [0.25, 0.3) is 0 Å². The topological polar surface area (TPSA) is 40.5 Å². The van der Waals surface area contributed by atoms with Crippen LogP contribution in [0, 0.1) is 0 Å². The number of phenols is 2. The Bertz CT molecular complexity index is 1380. The Morgan fingerprint density at radius 1 is 0.667 bits per heavy atom. The zero-order valence-corrected chi connectivity index (χ0v) is 18.5. The van der Waals surface area contributed by atoms with Crippen molar-refractivity contribution in [3.05, 3.63) is 132 Å². The van der Waals surface area contributed by atoms with Gasteiger partial charge in [0.2, 0.25) is 0 Å². The number of phenolic OH excluding ortho intramolecular Hbond substituents is 2. The first-order valence-corrected chi connectivity index (χ1v) is 11.2. The quantitative estimate of drug-likeness (QED) is 0.276. The largest absolute Gasteiger partial charge is 0.508 e. The Hall–Kier alpha value is -4.04. The number of rotatable bonds is 6. The highest BCUT2D eigenvalue weighted by Crippen LogP contribution is 2.52. The minimum atomic E-state index is 0.0493. The molecule has 4 aromatic carbocycles. The lowest BCUT2D eigenvalue weighted by atomic mass is 9.84. The summed E-state index contributed by atoms with van der Waals surface area (Å²) in [6.45, 7) is 7.67. The highest BCUT2D eigenvalue weighted by atomic mass is 16.3. The van der Waals surface area contributed by atoms with Crippen LogP contribution < -0.4 is 0 Å². The van der Waals surface area contributed by atoms with E-state index >= 15 is 0 Å². The molecule has 0 heterocycles. The van der Waals surface area contributed by atoms with E-state index in [2.05, 4.69) is 67.8 Å². The molecule has 2 heteroatoms. The predicted molar refractivity (Wildman–Crippen MR) is 136 cm³/mol. The van der Waals surface area contributed by atoms with Crippen molar-refractivity contribution in [2.45, 2.75) is 18.8 Å². The number of hydrogen-bond acceptors (Lipinski definition) is 2. The summed E-state index contributed by atoms with van der Waals surface area (Å²) < 4.78 is 0. The third kappa shape index (κ3) is 3.54. The normalized spacial score (nSPS) is 13.9. The van der Waals surface area contributed by atoms with Crippen LogP contribution in [0.25, 0.3) is 22.3 Å². The van der Waals surface area contributed by atoms with Gasteiger partial charge in [-0.15, -0.1) is 13.2 Å². The molecule has 4 aromatic rings. The number of allylic oxidation sites excluding steroid dienone is 2. The van der Waals surface area contributed by atoms with Crippen LogP contribution in [-0.2, 0) is 12.8 Å². The molecule has 0 bridgehead atoms. The fourth-order valence-electron chi connectivity index (χ4n) is 5.03. The summed E-state index contributed by atoms with van der Waals surface area (Å²) in [5, 5.41) is 20.7. The molecule has 0 radical (unpaired) electrons. The van der Waals surface area contributed by atoms with Crippen molar-refractivity contribution in [3.8, 4) is 33.8 Å². The molecule has 0 fully saturated rings. The number of hydrogen-bond donors (Lipinski definition) is 2. The van der Waals surface area contributed by atoms with Crippen molar-refractivity contribution in [3.63, 3.8) is 0 Å². The Morgan fingerprint density at radius 2 is 1.30 bits per heavy atom. The van der Waals surface area contributed by atoms with Crippen LogP contribution in [0.2, 0.25) is 0 Å². The maximum atomic E-state index is 10.4. The molecule has 0 amide bonds. The van der Waals surface area contributed by atoms with Crippen LogP contribution >= 0.6 is 0 Å². The van der Waals surface area contributed by atoms with Gasteiger partial charge in [0, 0.05) is 5.92 Å². The molecule has 1 aliphatic rings. The molecule has 1 atom stereocenters. The molecular weight excluding hydrogens is 404 g/mol. The van der Waals surface area contributed by atoms with E-state index in [1.165, 1.54) is 22.3 Å². The summed E-state index contributed by atoms with van der Waals surface area (Å²) in [6, 6.07) is 26.7. The van der Waals surface area contributed by atoms with Gasteiger partial charge in [0.1, 0.15) is 11.5 Å². The molecular formula is C31H26O2. The maximum Gasteiger partial charge on any atom is 0.119 e. The van der Waals surface area contributed by atoms with Crippen LogP contribution in [0.3, 0.4) is 0 Å². The molecule has 33 heavy (non-hydrogen) atoms. The molecule has 2 nitrogen and oxygen atoms in total. The second-order valence-corrected chi connectivity index (χ2v) is 8.50. The van der Waals surface area contributed by atoms with Crippen molar-refractivity contribution >= 4 is 0 Å². The first kappa shape index (κ1) is 20.8. The minimum absolute atomic E-state index is 0.0493. The van der Waals surface area contributed by atoms with Crippen LogP contribution in [0.15, 0.2) is 104 Å². The summed E-state index contributed by atoms with van der Waals surface area (Å²) in [4.78, 5) is 0. The van der Waals surface area contributed by atoms with E-state index < -0.39 is 0 Å². The second kappa shape index (κ2) is 8.48. The second-order valence-electron chi connectivity index (χ2n) is 8.50. The van der Waals surface area contributed by atoms with Gasteiger partial charge in [-0.25, -0.2) is 0 Å². The van der Waals surface area contributed by atoms with Crippen LogP contribution in [0.4, 0.5) is 0 Å². The van der Waals surface area contributed by atoms with Crippen molar-refractivity contribution in [2.24, 2.45) is 0 Å². The van der Waals surface area contributed by atoms with E-state index in [9.17, 15) is 10.2 Å². The Kier molecular flexibility index (Phi) is 5.35. The van der Waals surface area contributed by atoms with Gasteiger partial charge in [-0.1, -0.05) is 72.8 Å². The highest BCUT2D eigenvalue weighted by Gasteiger charge is 2.32. The third-order valence-electron chi connectivity index (χ3n) is 6.51. The summed E-state index contributed by atoms with van der Waals surface area (Å²) >= 11 is 0. The van der Waals surface area contributed by atoms with E-state index in [-0.39, 0.29) is 5.92 Å². The Labute approximate surface area is 194 Å². The van der Waals surface area contributed by atoms with E-state index in [4.69, 9.17) is 0 Å². The van der Waals surface area contributed by atoms with Crippen LogP contribution in [0.1, 0.15) is 33.7 Å². The third-order valence-corrected chi connectivity index (χ3v) is 6.51. The summed E-state index contributed by atoms with van der Waals surface area (Å²) in [7, 11) is 0. The summed E-state index contributed by atoms with van der Waals surface area (Å²) in [6.07, 6.45) is 4.86. The first-order chi connectivity index (χ1) is 16.1. The summed E-state index contributed by atoms with van der Waals surface area (Å²) in [5.41, 5.74) is 10.1. The first-order valence-electron chi connectivity index (χ1n) is 11.2. The van der Waals surface area contributed by atoms with Crippen LogP contribution in [0.5, 0.6) is 11.5 Å². The van der Waals surface area contributed by atoms with Gasteiger partial charge in [-0.3, -0.25) is 0 Å². The van der Waals surface area contributed by atoms with E-state index in [0.29, 0.717) is 24.3 Å². The van der Waals surface area contributed by atoms with Crippen molar-refractivity contribution in [1.29, 1.82) is 0 Å². The zero-order chi connectivity index (χ0) is 22.9. The predicted octanol–water partition coefficient (Wildman–Crippen LogP) is 7.38. The fourth-order valence-corrected chi connectivity index (χ4v) is 5.03. The standard InChI is InChI=1S/C31H26O2/c1-3-8-21-18-20(14-16-28(21)32)24-12-7-13-27-25-10-5-6-11-26(25)30(31(24)27)23-15-17-29(33)22(19-23)9-4-2/h3-7,10-19,30,32-33H,1-2,8-9H2. The lowest BCUT2D eigenvalue weighted by Crippen LogP contribution is -2.02. The number of benzene rings is 4. The smallest absolute Gasteiger partial charge is 0.119 e. The SMILES string of the molecule is C=CCc1cc(-c2cccc3c2C(c2ccc(O)c(CC=C)c2)c2ccccc2-3)ccc1O. The van der Waals surface area contributed by atoms with Gasteiger partial charge in [0.05, 0.1) is 0 Å².